The Hall–Kier alpha value is -1.04. The van der Waals surface area contributed by atoms with Crippen molar-refractivity contribution in [2.45, 2.75) is 40.6 Å². The summed E-state index contributed by atoms with van der Waals surface area (Å²) >= 11 is -2.18. The number of hydrogen-bond donors (Lipinski definition) is 1. The molecular formula is C17H26N2O2Sn. The van der Waals surface area contributed by atoms with Crippen LogP contribution in [0.25, 0.3) is 0 Å². The summed E-state index contributed by atoms with van der Waals surface area (Å²) in [7, 11) is 0. The average Bonchev–Trinajstić information content (AvgIpc) is 2.90. The maximum absolute atomic E-state index is 12.3. The molecule has 0 radical (unpaired) electrons. The predicted octanol–water partition coefficient (Wildman–Crippen LogP) is 1.97. The molecule has 1 aromatic rings. The summed E-state index contributed by atoms with van der Waals surface area (Å²) in [6, 6.07) is 8.16. The van der Waals surface area contributed by atoms with Crippen molar-refractivity contribution < 1.29 is 9.59 Å². The second-order valence-corrected chi connectivity index (χ2v) is 21.6. The van der Waals surface area contributed by atoms with Gasteiger partial charge >= 0.3 is 137 Å². The molecule has 0 aromatic heterocycles. The molecule has 120 valence electrons. The van der Waals surface area contributed by atoms with Gasteiger partial charge in [0.05, 0.1) is 0 Å². The Labute approximate surface area is 137 Å². The van der Waals surface area contributed by atoms with Gasteiger partial charge in [-0.2, -0.15) is 0 Å². The van der Waals surface area contributed by atoms with Crippen molar-refractivity contribution in [3.05, 3.63) is 29.8 Å². The first kappa shape index (κ1) is 17.3. The molecule has 2 rings (SSSR count). The fourth-order valence-corrected chi connectivity index (χ4v) is 6.17. The van der Waals surface area contributed by atoms with Crippen molar-refractivity contribution in [1.29, 1.82) is 0 Å². The van der Waals surface area contributed by atoms with Gasteiger partial charge in [-0.15, -0.1) is 0 Å². The van der Waals surface area contributed by atoms with E-state index in [0.717, 1.165) is 19.4 Å². The number of carbonyl (C=O) groups excluding carboxylic acids is 2. The average molecular weight is 409 g/mol. The van der Waals surface area contributed by atoms with E-state index in [-0.39, 0.29) is 18.4 Å². The number of benzene rings is 1. The molecule has 1 heterocycles. The Morgan fingerprint density at radius 3 is 2.64 bits per heavy atom. The number of nitrogens with one attached hydrogen (secondary N) is 1. The number of hydrogen-bond acceptors (Lipinski definition) is 2. The first-order valence-electron chi connectivity index (χ1n) is 7.97. The molecule has 0 bridgehead atoms. The molecular weight excluding hydrogens is 383 g/mol. The summed E-state index contributed by atoms with van der Waals surface area (Å²) in [5, 5.41) is 2.77. The fourth-order valence-electron chi connectivity index (χ4n) is 2.79. The van der Waals surface area contributed by atoms with Gasteiger partial charge in [0.25, 0.3) is 0 Å². The van der Waals surface area contributed by atoms with E-state index in [0.29, 0.717) is 11.6 Å². The minimum atomic E-state index is -2.18. The normalized spacial score (nSPS) is 18.4. The third-order valence-electron chi connectivity index (χ3n) is 4.26. The Balaban J connectivity index is 1.96. The standard InChI is InChI=1S/C14H17N2O2.3CH3.Sn/c1-11-6-5-9-16(11)13(17)10-15-14(18)12-7-3-2-4-8-12;;;;/h2-3,7-8,11H,5-6,9-10H2,1H3,(H,15,18);3*1H3;/t11-;;;;/m1..../s1. The topological polar surface area (TPSA) is 49.4 Å². The zero-order chi connectivity index (χ0) is 16.3. The van der Waals surface area contributed by atoms with Crippen LogP contribution in [0.1, 0.15) is 30.1 Å². The zero-order valence-electron chi connectivity index (χ0n) is 14.0. The molecule has 1 fully saturated rings. The van der Waals surface area contributed by atoms with Crippen molar-refractivity contribution in [1.82, 2.24) is 10.2 Å². The Kier molecular flexibility index (Phi) is 5.53. The Bertz CT molecular complexity index is 566. The summed E-state index contributed by atoms with van der Waals surface area (Å²) in [5.41, 5.74) is 0.659. The molecule has 1 aliphatic rings. The quantitative estimate of drug-likeness (QED) is 0.774. The van der Waals surface area contributed by atoms with Crippen LogP contribution in [0.5, 0.6) is 0 Å². The summed E-state index contributed by atoms with van der Waals surface area (Å²) in [6.45, 7) is 2.96. The third kappa shape index (κ3) is 4.24. The monoisotopic (exact) mass is 410 g/mol. The second-order valence-electron chi connectivity index (χ2n) is 7.09. The van der Waals surface area contributed by atoms with Gasteiger partial charge in [0.1, 0.15) is 0 Å². The number of amides is 2. The van der Waals surface area contributed by atoms with E-state index in [2.05, 4.69) is 33.1 Å². The number of likely N-dealkylation sites (tertiary alicyclic amines) is 1. The third-order valence-corrected chi connectivity index (χ3v) is 10.1. The Morgan fingerprint density at radius 1 is 1.32 bits per heavy atom. The molecule has 1 aliphatic heterocycles. The molecule has 2 amide bonds. The molecule has 4 nitrogen and oxygen atoms in total. The molecule has 22 heavy (non-hydrogen) atoms. The summed E-state index contributed by atoms with van der Waals surface area (Å²) in [5.74, 6) is -0.137. The second kappa shape index (κ2) is 7.02. The van der Waals surface area contributed by atoms with E-state index >= 15 is 0 Å². The van der Waals surface area contributed by atoms with Crippen LogP contribution < -0.4 is 8.90 Å². The molecule has 1 saturated heterocycles. The first-order valence-corrected chi connectivity index (χ1v) is 18.0. The van der Waals surface area contributed by atoms with E-state index in [1.807, 2.05) is 23.1 Å². The molecule has 1 N–H and O–H groups in total. The fraction of sp³-hybridized carbons (Fsp3) is 0.529. The van der Waals surface area contributed by atoms with Gasteiger partial charge in [0.15, 0.2) is 0 Å². The molecule has 0 saturated carbocycles. The molecule has 1 aromatic carbocycles. The van der Waals surface area contributed by atoms with Gasteiger partial charge in [0, 0.05) is 0 Å². The number of carbonyl (C=O) groups is 2. The summed E-state index contributed by atoms with van der Waals surface area (Å²) in [4.78, 5) is 33.2. The molecule has 0 aliphatic carbocycles. The van der Waals surface area contributed by atoms with Crippen LogP contribution in [0.3, 0.4) is 0 Å². The first-order chi connectivity index (χ1) is 10.3. The van der Waals surface area contributed by atoms with Gasteiger partial charge in [-0.25, -0.2) is 0 Å². The number of rotatable bonds is 4. The van der Waals surface area contributed by atoms with Crippen molar-refractivity contribution in [3.63, 3.8) is 0 Å². The van der Waals surface area contributed by atoms with E-state index in [1.165, 1.54) is 3.58 Å². The van der Waals surface area contributed by atoms with Crippen LogP contribution in [0.2, 0.25) is 14.8 Å². The van der Waals surface area contributed by atoms with Crippen LogP contribution in [0, 0.1) is 0 Å². The molecule has 1 atom stereocenters. The van der Waals surface area contributed by atoms with Crippen molar-refractivity contribution in [2.24, 2.45) is 0 Å². The van der Waals surface area contributed by atoms with Gasteiger partial charge in [-0.05, 0) is 0 Å². The molecule has 0 spiro atoms. The Morgan fingerprint density at radius 2 is 2.05 bits per heavy atom. The van der Waals surface area contributed by atoms with Crippen molar-refractivity contribution in [2.75, 3.05) is 13.1 Å². The van der Waals surface area contributed by atoms with Crippen LogP contribution in [-0.4, -0.2) is 54.2 Å². The van der Waals surface area contributed by atoms with E-state index in [4.69, 9.17) is 0 Å². The van der Waals surface area contributed by atoms with E-state index in [1.54, 1.807) is 0 Å². The number of nitrogens with zero attached hydrogens (tertiary/aromatic N) is 1. The van der Waals surface area contributed by atoms with E-state index in [9.17, 15) is 9.59 Å². The van der Waals surface area contributed by atoms with Crippen molar-refractivity contribution >= 4 is 33.8 Å². The predicted molar refractivity (Wildman–Crippen MR) is 92.2 cm³/mol. The van der Waals surface area contributed by atoms with Crippen LogP contribution in [-0.2, 0) is 4.79 Å². The maximum atomic E-state index is 12.3. The van der Waals surface area contributed by atoms with Gasteiger partial charge < -0.3 is 0 Å². The minimum absolute atomic E-state index is 0.0181. The molecule has 5 heteroatoms. The van der Waals surface area contributed by atoms with Crippen LogP contribution in [0.15, 0.2) is 24.3 Å². The van der Waals surface area contributed by atoms with Crippen LogP contribution in [0.4, 0.5) is 0 Å². The molecule has 0 unspecified atom stereocenters. The summed E-state index contributed by atoms with van der Waals surface area (Å²) < 4.78 is 1.32. The SMILES string of the molecule is C[C@@H]1CCCN1C(=O)CNC(=O)c1ccc[c]([Sn]([CH3])([CH3])[CH3])c1. The van der Waals surface area contributed by atoms with Crippen molar-refractivity contribution in [3.8, 4) is 0 Å². The van der Waals surface area contributed by atoms with Gasteiger partial charge in [-0.3, -0.25) is 0 Å². The van der Waals surface area contributed by atoms with Gasteiger partial charge in [-0.1, -0.05) is 0 Å². The van der Waals surface area contributed by atoms with Gasteiger partial charge in [0.2, 0.25) is 0 Å². The van der Waals surface area contributed by atoms with E-state index < -0.39 is 18.4 Å². The summed E-state index contributed by atoms with van der Waals surface area (Å²) in [6.07, 6.45) is 2.11. The zero-order valence-corrected chi connectivity index (χ0v) is 16.8. The van der Waals surface area contributed by atoms with Crippen LogP contribution >= 0.6 is 0 Å².